The number of hydrogen-bond donors (Lipinski definition) is 1. The van der Waals surface area contributed by atoms with Crippen LogP contribution >= 0.6 is 7.60 Å². The van der Waals surface area contributed by atoms with Gasteiger partial charge in [0.25, 0.3) is 5.88 Å². The molecule has 0 radical (unpaired) electrons. The number of aliphatic hydroxyl groups excluding tert-OH is 1. The number of aliphatic hydroxyl groups is 1. The Kier molecular flexibility index (Phi) is 7.80. The molecule has 0 unspecified atom stereocenters. The highest BCUT2D eigenvalue weighted by molar-refractivity contribution is 7.58. The molecule has 0 aliphatic rings. The van der Waals surface area contributed by atoms with E-state index in [1.807, 2.05) is 27.7 Å². The number of hydrogen-bond acceptors (Lipinski definition) is 6. The normalized spacial score (nSPS) is 13.3. The molecule has 20 heavy (non-hydrogen) atoms. The molecule has 1 N–H and O–H groups in total. The van der Waals surface area contributed by atoms with Crippen molar-refractivity contribution in [1.29, 1.82) is 5.39 Å². The predicted octanol–water partition coefficient (Wildman–Crippen LogP) is 3.91. The third-order valence-electron chi connectivity index (χ3n) is 2.51. The lowest BCUT2D eigenvalue weighted by Gasteiger charge is -2.30. The van der Waals surface area contributed by atoms with Gasteiger partial charge in [-0.05, 0) is 41.5 Å². The van der Waals surface area contributed by atoms with Gasteiger partial charge in [-0.1, -0.05) is 0 Å². The summed E-state index contributed by atoms with van der Waals surface area (Å²) in [6.07, 6.45) is 0. The summed E-state index contributed by atoms with van der Waals surface area (Å²) < 4.78 is 22.8. The molecule has 0 atom stereocenters. The molecule has 116 valence electrons. The van der Waals surface area contributed by atoms with Crippen molar-refractivity contribution in [2.24, 2.45) is 0 Å². The summed E-state index contributed by atoms with van der Waals surface area (Å²) in [5, 5.41) is 19.5. The van der Waals surface area contributed by atoms with Gasteiger partial charge in [-0.15, -0.1) is 0 Å². The maximum Gasteiger partial charge on any atom is 0.528 e. The second-order valence-electron chi connectivity index (χ2n) is 4.67. The topological polar surface area (TPSA) is 87.1 Å². The minimum atomic E-state index is -3.85. The van der Waals surface area contributed by atoms with Gasteiger partial charge in [0, 0.05) is 12.1 Å². The average Bonchev–Trinajstić information content (AvgIpc) is 2.28. The summed E-state index contributed by atoms with van der Waals surface area (Å²) in [6, 6.07) is -0.160. The Morgan fingerprint density at radius 3 is 1.85 bits per heavy atom. The maximum atomic E-state index is 12.6. The Morgan fingerprint density at radius 1 is 1.20 bits per heavy atom. The van der Waals surface area contributed by atoms with Crippen LogP contribution in [0.3, 0.4) is 0 Å². The Balaban J connectivity index is 5.87. The Labute approximate surface area is 120 Å². The largest absolute Gasteiger partial charge is 0.528 e. The summed E-state index contributed by atoms with van der Waals surface area (Å²) in [5.74, 6) is -0.400. The molecule has 8 heteroatoms. The van der Waals surface area contributed by atoms with Gasteiger partial charge in [0.05, 0.1) is 13.2 Å². The predicted molar refractivity (Wildman–Crippen MR) is 77.7 cm³/mol. The lowest BCUT2D eigenvalue weighted by Crippen LogP contribution is -2.36. The fourth-order valence-electron chi connectivity index (χ4n) is 1.92. The van der Waals surface area contributed by atoms with Crippen molar-refractivity contribution in [3.63, 3.8) is 0 Å². The molecule has 0 fully saturated rings. The first-order valence-electron chi connectivity index (χ1n) is 6.71. The Hall–Kier alpha value is -1.09. The van der Waals surface area contributed by atoms with E-state index >= 15 is 0 Å². The van der Waals surface area contributed by atoms with Gasteiger partial charge in [0.2, 0.25) is 5.39 Å². The van der Waals surface area contributed by atoms with Crippen molar-refractivity contribution in [2.45, 2.75) is 53.6 Å². The van der Waals surface area contributed by atoms with Crippen LogP contribution in [0.2, 0.25) is 0 Å². The molecule has 0 spiro atoms. The Bertz CT molecular complexity index is 411. The van der Waals surface area contributed by atoms with Gasteiger partial charge < -0.3 is 19.1 Å². The van der Waals surface area contributed by atoms with Gasteiger partial charge >= 0.3 is 13.0 Å². The van der Waals surface area contributed by atoms with E-state index < -0.39 is 18.9 Å². The highest BCUT2D eigenvalue weighted by Gasteiger charge is 2.48. The fourth-order valence-corrected chi connectivity index (χ4v) is 3.39. The molecule has 0 rings (SSSR count). The summed E-state index contributed by atoms with van der Waals surface area (Å²) in [7, 11) is -3.85. The van der Waals surface area contributed by atoms with E-state index in [0.29, 0.717) is 0 Å². The van der Waals surface area contributed by atoms with Crippen molar-refractivity contribution in [2.75, 3.05) is 13.2 Å². The van der Waals surface area contributed by atoms with Crippen molar-refractivity contribution < 1.29 is 18.7 Å². The molecule has 0 aromatic carbocycles. The summed E-state index contributed by atoms with van der Waals surface area (Å²) in [6.45, 7) is 10.9. The first kappa shape index (κ1) is 18.9. The third-order valence-corrected chi connectivity index (χ3v) is 4.51. The van der Waals surface area contributed by atoms with E-state index in [1.54, 1.807) is 18.7 Å². The lowest BCUT2D eigenvalue weighted by atomic mass is 10.2. The number of nitrogens with zero attached hydrogens (tertiary/aromatic N) is 3. The van der Waals surface area contributed by atoms with Crippen molar-refractivity contribution in [3.05, 3.63) is 16.3 Å². The molecule has 0 aromatic rings. The molecule has 0 aromatic heterocycles. The maximum absolute atomic E-state index is 12.6. The van der Waals surface area contributed by atoms with Crippen LogP contribution < -0.4 is 0 Å². The molecule has 0 aliphatic carbocycles. The van der Waals surface area contributed by atoms with Crippen LogP contribution in [0.4, 0.5) is 0 Å². The number of rotatable bonds is 8. The molecular weight excluding hydrogens is 281 g/mol. The average molecular weight is 306 g/mol. The zero-order chi connectivity index (χ0) is 15.9. The van der Waals surface area contributed by atoms with E-state index in [0.717, 1.165) is 0 Å². The van der Waals surface area contributed by atoms with E-state index in [-0.39, 0.29) is 25.3 Å². The molecule has 0 amide bonds. The van der Waals surface area contributed by atoms with Gasteiger partial charge in [-0.25, -0.2) is 4.57 Å². The fraction of sp³-hybridized carbons (Fsp3) is 0.833. The van der Waals surface area contributed by atoms with Crippen LogP contribution in [0.5, 0.6) is 0 Å². The molecule has 0 heterocycles. The van der Waals surface area contributed by atoms with E-state index in [2.05, 4.69) is 4.98 Å². The van der Waals surface area contributed by atoms with E-state index in [9.17, 15) is 9.67 Å². The Morgan fingerprint density at radius 2 is 1.60 bits per heavy atom. The van der Waals surface area contributed by atoms with Crippen LogP contribution in [0, 0.1) is 5.39 Å². The third kappa shape index (κ3) is 4.48. The highest BCUT2D eigenvalue weighted by atomic mass is 31.2. The van der Waals surface area contributed by atoms with Crippen LogP contribution in [0.1, 0.15) is 41.5 Å². The molecule has 7 nitrogen and oxygen atoms in total. The quantitative estimate of drug-likeness (QED) is 0.415. The second-order valence-corrected chi connectivity index (χ2v) is 6.61. The van der Waals surface area contributed by atoms with Gasteiger partial charge in [-0.2, -0.15) is 0 Å². The molecule has 0 saturated carbocycles. The zero-order valence-electron chi connectivity index (χ0n) is 13.0. The zero-order valence-corrected chi connectivity index (χ0v) is 13.9. The minimum Gasteiger partial charge on any atom is -0.489 e. The summed E-state index contributed by atoms with van der Waals surface area (Å²) in [5.41, 5.74) is -0.469. The van der Waals surface area contributed by atoms with Crippen molar-refractivity contribution >= 4 is 7.60 Å². The first-order chi connectivity index (χ1) is 9.25. The smallest absolute Gasteiger partial charge is 0.489 e. The monoisotopic (exact) mass is 306 g/mol. The summed E-state index contributed by atoms with van der Waals surface area (Å²) in [4.78, 5) is 4.53. The molecule has 0 aliphatic heterocycles. The van der Waals surface area contributed by atoms with Crippen LogP contribution in [0.15, 0.2) is 11.3 Å². The van der Waals surface area contributed by atoms with Crippen LogP contribution in [-0.4, -0.2) is 35.3 Å². The summed E-state index contributed by atoms with van der Waals surface area (Å²) >= 11 is 0. The van der Waals surface area contributed by atoms with Gasteiger partial charge in [0.15, 0.2) is 4.98 Å². The van der Waals surface area contributed by atoms with E-state index in [1.165, 1.54) is 0 Å². The van der Waals surface area contributed by atoms with Crippen molar-refractivity contribution in [1.82, 2.24) is 4.90 Å². The lowest BCUT2D eigenvalue weighted by molar-refractivity contribution is 0.131. The molecule has 0 saturated heterocycles. The molecule has 0 bridgehead atoms. The highest BCUT2D eigenvalue weighted by Crippen LogP contribution is 2.57. The molecular formula is C12H25N3O4P+. The van der Waals surface area contributed by atoms with Gasteiger partial charge in [0.1, 0.15) is 0 Å². The second kappa shape index (κ2) is 8.25. The minimum absolute atomic E-state index is 0.0801. The van der Waals surface area contributed by atoms with Crippen LogP contribution in [0.25, 0.3) is 4.98 Å². The van der Waals surface area contributed by atoms with Gasteiger partial charge in [-0.3, -0.25) is 0 Å². The van der Waals surface area contributed by atoms with Crippen molar-refractivity contribution in [3.8, 4) is 0 Å². The van der Waals surface area contributed by atoms with Crippen LogP contribution in [-0.2, 0) is 13.6 Å². The standard InChI is InChI=1S/C12H24N3O4P/c1-7-18-20(17,19-8-2)11(14-13)12(16)15(9(3)4)10(5)6/h9-10H,7-8H2,1-6H3/p+1. The van der Waals surface area contributed by atoms with E-state index in [4.69, 9.17) is 14.4 Å². The number of diazo groups is 1. The SMILES string of the molecule is CCOP(=O)(OCC)/C([N+]#N)=C(\O)N(C(C)C)C(C)C. The first-order valence-corrected chi connectivity index (χ1v) is 8.25.